The maximum absolute atomic E-state index is 3.92. The standard InChI is InChI=1S/C17H24/c1-4-6-7-14-10-16(13(3)5-2)12-17(11-14)15-8-9-15/h5,10-13,15H,2,4,6-9H2,1,3H3. The lowest BCUT2D eigenvalue weighted by atomic mass is 9.93. The SMILES string of the molecule is C=CC(C)c1cc(CCCC)cc(C2CC2)c1. The minimum Gasteiger partial charge on any atom is -0.102 e. The molecule has 0 aliphatic heterocycles. The average Bonchev–Trinajstić information content (AvgIpc) is 3.19. The molecule has 0 heteroatoms. The van der Waals surface area contributed by atoms with E-state index in [0.29, 0.717) is 5.92 Å². The quantitative estimate of drug-likeness (QED) is 0.587. The van der Waals surface area contributed by atoms with E-state index in [0.717, 1.165) is 5.92 Å². The van der Waals surface area contributed by atoms with Crippen molar-refractivity contribution in [2.45, 2.75) is 57.8 Å². The second kappa shape index (κ2) is 5.53. The van der Waals surface area contributed by atoms with Crippen LogP contribution < -0.4 is 0 Å². The van der Waals surface area contributed by atoms with Crippen LogP contribution >= 0.6 is 0 Å². The van der Waals surface area contributed by atoms with E-state index in [2.05, 4.69) is 44.7 Å². The highest BCUT2D eigenvalue weighted by atomic mass is 14.3. The lowest BCUT2D eigenvalue weighted by molar-refractivity contribution is 0.790. The van der Waals surface area contributed by atoms with Crippen molar-refractivity contribution in [1.29, 1.82) is 0 Å². The van der Waals surface area contributed by atoms with Gasteiger partial charge in [-0.05, 0) is 54.2 Å². The van der Waals surface area contributed by atoms with Crippen molar-refractivity contribution >= 4 is 0 Å². The Hall–Kier alpha value is -1.04. The van der Waals surface area contributed by atoms with Gasteiger partial charge in [0, 0.05) is 0 Å². The molecular formula is C17H24. The van der Waals surface area contributed by atoms with Crippen molar-refractivity contribution in [2.24, 2.45) is 0 Å². The second-order valence-electron chi connectivity index (χ2n) is 5.41. The van der Waals surface area contributed by atoms with Gasteiger partial charge in [-0.15, -0.1) is 6.58 Å². The molecule has 2 rings (SSSR count). The molecule has 0 radical (unpaired) electrons. The molecule has 0 aromatic heterocycles. The fourth-order valence-electron chi connectivity index (χ4n) is 2.32. The third kappa shape index (κ3) is 3.21. The third-order valence-electron chi connectivity index (χ3n) is 3.78. The largest absolute Gasteiger partial charge is 0.102 e. The lowest BCUT2D eigenvalue weighted by Crippen LogP contribution is -1.95. The normalized spacial score (nSPS) is 16.8. The molecule has 1 aromatic rings. The molecule has 1 unspecified atom stereocenters. The highest BCUT2D eigenvalue weighted by Crippen LogP contribution is 2.41. The first kappa shape index (κ1) is 12.4. The maximum atomic E-state index is 3.92. The Bertz CT molecular complexity index is 385. The van der Waals surface area contributed by atoms with Crippen LogP contribution in [0.1, 0.15) is 68.1 Å². The van der Waals surface area contributed by atoms with Gasteiger partial charge >= 0.3 is 0 Å². The average molecular weight is 228 g/mol. The van der Waals surface area contributed by atoms with Gasteiger partial charge in [0.25, 0.3) is 0 Å². The smallest absolute Gasteiger partial charge is 0.00129 e. The maximum Gasteiger partial charge on any atom is -0.00129 e. The summed E-state index contributed by atoms with van der Waals surface area (Å²) in [5.74, 6) is 1.33. The van der Waals surface area contributed by atoms with Crippen LogP contribution in [0, 0.1) is 0 Å². The molecule has 1 aromatic carbocycles. The van der Waals surface area contributed by atoms with Gasteiger partial charge in [-0.2, -0.15) is 0 Å². The van der Waals surface area contributed by atoms with Gasteiger partial charge < -0.3 is 0 Å². The van der Waals surface area contributed by atoms with Crippen molar-refractivity contribution < 1.29 is 0 Å². The van der Waals surface area contributed by atoms with E-state index in [1.807, 2.05) is 0 Å². The van der Waals surface area contributed by atoms with Crippen molar-refractivity contribution in [2.75, 3.05) is 0 Å². The molecule has 1 saturated carbocycles. The molecule has 1 atom stereocenters. The molecule has 17 heavy (non-hydrogen) atoms. The summed E-state index contributed by atoms with van der Waals surface area (Å²) in [4.78, 5) is 0. The van der Waals surface area contributed by atoms with E-state index in [-0.39, 0.29) is 0 Å². The van der Waals surface area contributed by atoms with E-state index in [1.54, 1.807) is 5.56 Å². The highest BCUT2D eigenvalue weighted by Gasteiger charge is 2.24. The number of unbranched alkanes of at least 4 members (excludes halogenated alkanes) is 1. The Labute approximate surface area is 106 Å². The number of aryl methyl sites for hydroxylation is 1. The van der Waals surface area contributed by atoms with Gasteiger partial charge in [0.1, 0.15) is 0 Å². The second-order valence-corrected chi connectivity index (χ2v) is 5.41. The summed E-state index contributed by atoms with van der Waals surface area (Å²) in [5, 5.41) is 0. The summed E-state index contributed by atoms with van der Waals surface area (Å²) in [5.41, 5.74) is 4.55. The first-order valence-electron chi connectivity index (χ1n) is 7.01. The van der Waals surface area contributed by atoms with Crippen LogP contribution in [0.4, 0.5) is 0 Å². The molecule has 92 valence electrons. The van der Waals surface area contributed by atoms with Crippen LogP contribution in [0.25, 0.3) is 0 Å². The fourth-order valence-corrected chi connectivity index (χ4v) is 2.32. The van der Waals surface area contributed by atoms with Gasteiger partial charge in [-0.3, -0.25) is 0 Å². The van der Waals surface area contributed by atoms with Gasteiger partial charge in [0.05, 0.1) is 0 Å². The Morgan fingerprint density at radius 3 is 2.71 bits per heavy atom. The van der Waals surface area contributed by atoms with Crippen molar-refractivity contribution in [1.82, 2.24) is 0 Å². The molecule has 0 bridgehead atoms. The van der Waals surface area contributed by atoms with Crippen molar-refractivity contribution in [3.63, 3.8) is 0 Å². The van der Waals surface area contributed by atoms with E-state index >= 15 is 0 Å². The molecule has 0 saturated heterocycles. The summed E-state index contributed by atoms with van der Waals surface area (Å²) in [7, 11) is 0. The van der Waals surface area contributed by atoms with Gasteiger partial charge in [-0.1, -0.05) is 44.5 Å². The Kier molecular flexibility index (Phi) is 4.04. The van der Waals surface area contributed by atoms with Gasteiger partial charge in [-0.25, -0.2) is 0 Å². The predicted molar refractivity (Wildman–Crippen MR) is 75.6 cm³/mol. The Morgan fingerprint density at radius 1 is 1.35 bits per heavy atom. The molecule has 0 nitrogen and oxygen atoms in total. The Balaban J connectivity index is 2.24. The number of benzene rings is 1. The van der Waals surface area contributed by atoms with Crippen LogP contribution in [-0.2, 0) is 6.42 Å². The minimum absolute atomic E-state index is 0.481. The van der Waals surface area contributed by atoms with Crippen LogP contribution in [0.3, 0.4) is 0 Å². The van der Waals surface area contributed by atoms with E-state index in [9.17, 15) is 0 Å². The molecular weight excluding hydrogens is 204 g/mol. The lowest BCUT2D eigenvalue weighted by Gasteiger charge is -2.12. The summed E-state index contributed by atoms with van der Waals surface area (Å²) in [6.07, 6.45) is 8.64. The number of hydrogen-bond acceptors (Lipinski definition) is 0. The van der Waals surface area contributed by atoms with Crippen molar-refractivity contribution in [3.8, 4) is 0 Å². The fraction of sp³-hybridized carbons (Fsp3) is 0.529. The zero-order chi connectivity index (χ0) is 12.3. The van der Waals surface area contributed by atoms with Crippen molar-refractivity contribution in [3.05, 3.63) is 47.5 Å². The first-order valence-corrected chi connectivity index (χ1v) is 7.01. The molecule has 0 N–H and O–H groups in total. The van der Waals surface area contributed by atoms with Crippen LogP contribution in [-0.4, -0.2) is 0 Å². The first-order chi connectivity index (χ1) is 8.24. The molecule has 1 fully saturated rings. The minimum atomic E-state index is 0.481. The molecule has 1 aliphatic carbocycles. The summed E-state index contributed by atoms with van der Waals surface area (Å²) in [6.45, 7) is 8.42. The van der Waals surface area contributed by atoms with Crippen LogP contribution in [0.2, 0.25) is 0 Å². The van der Waals surface area contributed by atoms with Crippen LogP contribution in [0.15, 0.2) is 30.9 Å². The molecule has 0 amide bonds. The number of rotatable bonds is 6. The number of allylic oxidation sites excluding steroid dienone is 1. The Morgan fingerprint density at radius 2 is 2.12 bits per heavy atom. The highest BCUT2D eigenvalue weighted by molar-refractivity contribution is 5.37. The third-order valence-corrected chi connectivity index (χ3v) is 3.78. The molecule has 0 spiro atoms. The summed E-state index contributed by atoms with van der Waals surface area (Å²) in [6, 6.07) is 7.22. The molecule has 1 aliphatic rings. The zero-order valence-corrected chi connectivity index (χ0v) is 11.2. The predicted octanol–water partition coefficient (Wildman–Crippen LogP) is 5.20. The topological polar surface area (TPSA) is 0 Å². The number of hydrogen-bond donors (Lipinski definition) is 0. The monoisotopic (exact) mass is 228 g/mol. The summed E-state index contributed by atoms with van der Waals surface area (Å²) < 4.78 is 0. The van der Waals surface area contributed by atoms with Crippen LogP contribution in [0.5, 0.6) is 0 Å². The van der Waals surface area contributed by atoms with E-state index in [1.165, 1.54) is 43.2 Å². The zero-order valence-electron chi connectivity index (χ0n) is 11.2. The molecule has 0 heterocycles. The van der Waals surface area contributed by atoms with E-state index in [4.69, 9.17) is 0 Å². The summed E-state index contributed by atoms with van der Waals surface area (Å²) >= 11 is 0. The van der Waals surface area contributed by atoms with Gasteiger partial charge in [0.2, 0.25) is 0 Å². The van der Waals surface area contributed by atoms with E-state index < -0.39 is 0 Å². The van der Waals surface area contributed by atoms with Gasteiger partial charge in [0.15, 0.2) is 0 Å².